The quantitative estimate of drug-likeness (QED) is 0.592. The van der Waals surface area contributed by atoms with Crippen molar-refractivity contribution in [3.05, 3.63) is 58.9 Å². The molecular formula is C30H38FN4O4+. The van der Waals surface area contributed by atoms with Gasteiger partial charge in [0.05, 0.1) is 6.54 Å². The van der Waals surface area contributed by atoms with Gasteiger partial charge in [-0.1, -0.05) is 19.3 Å². The fourth-order valence-electron chi connectivity index (χ4n) is 6.00. The first-order chi connectivity index (χ1) is 18.9. The highest BCUT2D eigenvalue weighted by molar-refractivity contribution is 5.98. The molecule has 1 unspecified atom stereocenters. The Morgan fingerprint density at radius 1 is 0.897 bits per heavy atom. The fourth-order valence-corrected chi connectivity index (χ4v) is 6.00. The number of carbonyl (C=O) groups is 3. The Kier molecular flexibility index (Phi) is 8.45. The van der Waals surface area contributed by atoms with Crippen molar-refractivity contribution >= 4 is 23.4 Å². The lowest BCUT2D eigenvalue weighted by molar-refractivity contribution is -0.638. The Labute approximate surface area is 228 Å². The summed E-state index contributed by atoms with van der Waals surface area (Å²) in [6.45, 7) is 4.88. The number of amides is 3. The standard InChI is InChI=1S/C30H37FN4O4/c1-20(36)33-25-16-23(15-24(31)18-25)30(38)35-13-11-34(12-14-35)29(37)22-7-8-28(39-26-9-10-32-19-26)27(17-22)21-5-3-2-4-6-21/h7-8,15-18,21,26,32H,2-6,9-14,19H2,1H3,(H,33,36)/p+1. The van der Waals surface area contributed by atoms with Gasteiger partial charge in [0, 0.05) is 56.3 Å². The maximum atomic E-state index is 14.1. The molecule has 2 heterocycles. The Balaban J connectivity index is 1.26. The highest BCUT2D eigenvalue weighted by Gasteiger charge is 2.29. The van der Waals surface area contributed by atoms with Crippen LogP contribution in [-0.4, -0.2) is 72.9 Å². The van der Waals surface area contributed by atoms with Crippen LogP contribution in [0.4, 0.5) is 10.1 Å². The van der Waals surface area contributed by atoms with Gasteiger partial charge in [0.2, 0.25) is 5.91 Å². The van der Waals surface area contributed by atoms with Crippen molar-refractivity contribution in [2.45, 2.75) is 57.5 Å². The summed E-state index contributed by atoms with van der Waals surface area (Å²) in [7, 11) is 0. The number of nitrogens with one attached hydrogen (secondary N) is 1. The number of ether oxygens (including phenoxy) is 1. The maximum Gasteiger partial charge on any atom is 0.254 e. The Morgan fingerprint density at radius 2 is 1.59 bits per heavy atom. The second-order valence-electron chi connectivity index (χ2n) is 10.9. The van der Waals surface area contributed by atoms with E-state index < -0.39 is 5.82 Å². The first kappa shape index (κ1) is 27.1. The molecule has 2 saturated heterocycles. The molecule has 1 saturated carbocycles. The number of hydrogen-bond acceptors (Lipinski definition) is 4. The lowest BCUT2D eigenvalue weighted by atomic mass is 9.83. The molecule has 5 rings (SSSR count). The lowest BCUT2D eigenvalue weighted by Gasteiger charge is -2.35. The third-order valence-electron chi connectivity index (χ3n) is 8.04. The number of piperazine rings is 1. The van der Waals surface area contributed by atoms with Crippen LogP contribution in [0.15, 0.2) is 36.4 Å². The molecule has 8 nitrogen and oxygen atoms in total. The van der Waals surface area contributed by atoms with Crippen molar-refractivity contribution in [3.8, 4) is 5.75 Å². The zero-order valence-electron chi connectivity index (χ0n) is 22.6. The Bertz CT molecular complexity index is 1220. The van der Waals surface area contributed by atoms with E-state index in [1.165, 1.54) is 44.4 Å². The van der Waals surface area contributed by atoms with E-state index >= 15 is 0 Å². The molecule has 3 amide bonds. The Morgan fingerprint density at radius 3 is 2.23 bits per heavy atom. The summed E-state index contributed by atoms with van der Waals surface area (Å²) >= 11 is 0. The summed E-state index contributed by atoms with van der Waals surface area (Å²) in [4.78, 5) is 41.3. The van der Waals surface area contributed by atoms with Crippen LogP contribution >= 0.6 is 0 Å². The van der Waals surface area contributed by atoms with Crippen molar-refractivity contribution in [1.82, 2.24) is 9.80 Å². The number of carbonyl (C=O) groups excluding carboxylic acids is 3. The summed E-state index contributed by atoms with van der Waals surface area (Å²) in [6.07, 6.45) is 7.16. The molecule has 1 aliphatic carbocycles. The van der Waals surface area contributed by atoms with Crippen molar-refractivity contribution < 1.29 is 28.8 Å². The fraction of sp³-hybridized carbons (Fsp3) is 0.500. The highest BCUT2D eigenvalue weighted by atomic mass is 19.1. The van der Waals surface area contributed by atoms with Crippen LogP contribution in [0.5, 0.6) is 5.75 Å². The van der Waals surface area contributed by atoms with E-state index in [4.69, 9.17) is 4.74 Å². The van der Waals surface area contributed by atoms with Crippen LogP contribution in [0.1, 0.15) is 77.6 Å². The molecule has 0 aromatic heterocycles. The van der Waals surface area contributed by atoms with E-state index in [9.17, 15) is 18.8 Å². The average molecular weight is 538 g/mol. The van der Waals surface area contributed by atoms with Gasteiger partial charge in [-0.3, -0.25) is 14.4 Å². The highest BCUT2D eigenvalue weighted by Crippen LogP contribution is 2.38. The normalized spacial score (nSPS) is 20.1. The smallest absolute Gasteiger partial charge is 0.254 e. The van der Waals surface area contributed by atoms with Gasteiger partial charge in [-0.25, -0.2) is 4.39 Å². The molecule has 0 bridgehead atoms. The molecular weight excluding hydrogens is 499 g/mol. The summed E-state index contributed by atoms with van der Waals surface area (Å²) in [5.74, 6) is 0.0371. The average Bonchev–Trinajstić information content (AvgIpc) is 3.45. The third-order valence-corrected chi connectivity index (χ3v) is 8.04. The third kappa shape index (κ3) is 6.58. The maximum absolute atomic E-state index is 14.1. The van der Waals surface area contributed by atoms with Crippen molar-refractivity contribution in [2.75, 3.05) is 44.6 Å². The molecule has 1 atom stereocenters. The zero-order chi connectivity index (χ0) is 27.4. The molecule has 9 heteroatoms. The second-order valence-corrected chi connectivity index (χ2v) is 10.9. The molecule has 2 aromatic carbocycles. The van der Waals surface area contributed by atoms with Gasteiger partial charge in [-0.15, -0.1) is 0 Å². The molecule has 2 aliphatic heterocycles. The van der Waals surface area contributed by atoms with Crippen LogP contribution in [0.3, 0.4) is 0 Å². The van der Waals surface area contributed by atoms with Crippen LogP contribution in [0.25, 0.3) is 0 Å². The van der Waals surface area contributed by atoms with E-state index in [0.29, 0.717) is 37.7 Å². The predicted molar refractivity (Wildman–Crippen MR) is 145 cm³/mol. The van der Waals surface area contributed by atoms with Crippen molar-refractivity contribution in [3.63, 3.8) is 0 Å². The molecule has 208 valence electrons. The first-order valence-corrected chi connectivity index (χ1v) is 14.2. The van der Waals surface area contributed by atoms with Gasteiger partial charge in [0.1, 0.15) is 18.1 Å². The summed E-state index contributed by atoms with van der Waals surface area (Å²) < 4.78 is 20.5. The first-order valence-electron chi connectivity index (χ1n) is 14.2. The molecule has 3 N–H and O–H groups in total. The topological polar surface area (TPSA) is 95.6 Å². The van der Waals surface area contributed by atoms with E-state index in [1.807, 2.05) is 18.2 Å². The summed E-state index contributed by atoms with van der Waals surface area (Å²) in [6, 6.07) is 9.72. The zero-order valence-corrected chi connectivity index (χ0v) is 22.6. The van der Waals surface area contributed by atoms with E-state index in [-0.39, 0.29) is 35.1 Å². The van der Waals surface area contributed by atoms with Crippen LogP contribution in [0.2, 0.25) is 0 Å². The van der Waals surface area contributed by atoms with Crippen LogP contribution < -0.4 is 15.4 Å². The minimum Gasteiger partial charge on any atom is -0.484 e. The number of rotatable bonds is 6. The molecule has 39 heavy (non-hydrogen) atoms. The van der Waals surface area contributed by atoms with Crippen LogP contribution in [-0.2, 0) is 4.79 Å². The van der Waals surface area contributed by atoms with Gasteiger partial charge in [0.25, 0.3) is 11.8 Å². The van der Waals surface area contributed by atoms with Crippen LogP contribution in [0, 0.1) is 5.82 Å². The molecule has 0 spiro atoms. The van der Waals surface area contributed by atoms with Gasteiger partial charge in [-0.05, 0) is 60.7 Å². The number of nitrogens with two attached hydrogens (primary N) is 1. The number of quaternary nitrogens is 1. The van der Waals surface area contributed by atoms with Gasteiger partial charge < -0.3 is 25.2 Å². The summed E-state index contributed by atoms with van der Waals surface area (Å²) in [5, 5.41) is 4.80. The lowest BCUT2D eigenvalue weighted by Crippen LogP contribution is -2.81. The minimum absolute atomic E-state index is 0.0430. The van der Waals surface area contributed by atoms with Gasteiger partial charge in [0.15, 0.2) is 6.10 Å². The molecule has 3 aliphatic rings. The second kappa shape index (κ2) is 12.2. The number of hydrogen-bond donors (Lipinski definition) is 2. The molecule has 0 radical (unpaired) electrons. The van der Waals surface area contributed by atoms with Crippen molar-refractivity contribution in [1.29, 1.82) is 0 Å². The van der Waals surface area contributed by atoms with E-state index in [2.05, 4.69) is 10.6 Å². The van der Waals surface area contributed by atoms with Gasteiger partial charge in [-0.2, -0.15) is 0 Å². The van der Waals surface area contributed by atoms with Crippen molar-refractivity contribution in [2.24, 2.45) is 0 Å². The predicted octanol–water partition coefficient (Wildman–Crippen LogP) is 3.14. The SMILES string of the molecule is CC(=O)Nc1cc(F)cc(C(=O)N2CCN(C(=O)c3ccc(OC4CC[NH2+]C4)c(C4CCCCC4)c3)CC2)c1. The number of anilines is 1. The monoisotopic (exact) mass is 537 g/mol. The molecule has 3 fully saturated rings. The molecule has 2 aromatic rings. The van der Waals surface area contributed by atoms with Gasteiger partial charge >= 0.3 is 0 Å². The number of benzene rings is 2. The minimum atomic E-state index is -0.592. The Hall–Kier alpha value is -3.46. The number of nitrogens with zero attached hydrogens (tertiary/aromatic N) is 2. The largest absolute Gasteiger partial charge is 0.484 e. The number of halogens is 1. The van der Waals surface area contributed by atoms with E-state index in [0.717, 1.165) is 43.7 Å². The summed E-state index contributed by atoms with van der Waals surface area (Å²) in [5.41, 5.74) is 2.23. The van der Waals surface area contributed by atoms with E-state index in [1.54, 1.807) is 9.80 Å².